The normalized spacial score (nSPS) is 12.5. The minimum atomic E-state index is 0.572. The van der Waals surface area contributed by atoms with E-state index in [1.807, 2.05) is 17.9 Å². The number of aryl methyl sites for hydroxylation is 1. The monoisotopic (exact) mass is 207 g/mol. The molecule has 1 N–H and O–H groups in total. The summed E-state index contributed by atoms with van der Waals surface area (Å²) >= 11 is 0. The second kappa shape index (κ2) is 5.71. The molecule has 0 amide bonds. The van der Waals surface area contributed by atoms with Crippen LogP contribution in [0.25, 0.3) is 6.08 Å². The van der Waals surface area contributed by atoms with Crippen LogP contribution in [0.5, 0.6) is 0 Å². The van der Waals surface area contributed by atoms with Gasteiger partial charge in [0, 0.05) is 24.8 Å². The lowest BCUT2D eigenvalue weighted by molar-refractivity contribution is 0.659. The lowest BCUT2D eigenvalue weighted by Crippen LogP contribution is -2.13. The summed E-state index contributed by atoms with van der Waals surface area (Å²) in [5.74, 6) is 0.572. The van der Waals surface area contributed by atoms with Gasteiger partial charge in [0.15, 0.2) is 0 Å². The summed E-state index contributed by atoms with van der Waals surface area (Å²) < 4.78 is 1.95. The van der Waals surface area contributed by atoms with E-state index in [4.69, 9.17) is 0 Å². The summed E-state index contributed by atoms with van der Waals surface area (Å²) in [6.45, 7) is 8.39. The molecule has 0 radical (unpaired) electrons. The Morgan fingerprint density at radius 3 is 2.80 bits per heavy atom. The van der Waals surface area contributed by atoms with Crippen LogP contribution in [0.2, 0.25) is 0 Å². The number of hydrogen-bond donors (Lipinski definition) is 1. The van der Waals surface area contributed by atoms with E-state index in [0.29, 0.717) is 5.92 Å². The first-order chi connectivity index (χ1) is 7.17. The molecule has 15 heavy (non-hydrogen) atoms. The average Bonchev–Trinajstić information content (AvgIpc) is 2.65. The van der Waals surface area contributed by atoms with Crippen molar-refractivity contribution in [3.8, 4) is 0 Å². The number of likely N-dealkylation sites (N-methyl/N-ethyl adjacent to an activating group) is 1. The van der Waals surface area contributed by atoms with Crippen LogP contribution >= 0.6 is 0 Å². The van der Waals surface area contributed by atoms with Gasteiger partial charge in [-0.1, -0.05) is 25.5 Å². The first-order valence-corrected chi connectivity index (χ1v) is 5.54. The molecule has 0 saturated carbocycles. The van der Waals surface area contributed by atoms with Gasteiger partial charge in [-0.15, -0.1) is 0 Å². The Labute approximate surface area is 92.2 Å². The van der Waals surface area contributed by atoms with Crippen molar-refractivity contribution in [3.63, 3.8) is 0 Å². The van der Waals surface area contributed by atoms with E-state index < -0.39 is 0 Å². The van der Waals surface area contributed by atoms with Crippen molar-refractivity contribution in [1.82, 2.24) is 15.1 Å². The zero-order valence-corrected chi connectivity index (χ0v) is 10.1. The molecular weight excluding hydrogens is 186 g/mol. The van der Waals surface area contributed by atoms with E-state index in [9.17, 15) is 0 Å². The van der Waals surface area contributed by atoms with Crippen molar-refractivity contribution in [1.29, 1.82) is 0 Å². The van der Waals surface area contributed by atoms with Gasteiger partial charge in [0.25, 0.3) is 0 Å². The first kappa shape index (κ1) is 12.0. The smallest absolute Gasteiger partial charge is 0.0562 e. The average molecular weight is 207 g/mol. The van der Waals surface area contributed by atoms with Gasteiger partial charge in [0.1, 0.15) is 0 Å². The minimum Gasteiger partial charge on any atom is -0.316 e. The maximum absolute atomic E-state index is 4.26. The molecule has 1 aromatic heterocycles. The highest BCUT2D eigenvalue weighted by atomic mass is 15.3. The summed E-state index contributed by atoms with van der Waals surface area (Å²) in [7, 11) is 1.98. The molecule has 0 spiro atoms. The molecule has 1 aromatic rings. The molecule has 0 unspecified atom stereocenters. The molecule has 1 rings (SSSR count). The number of nitrogens with zero attached hydrogens (tertiary/aromatic N) is 2. The highest BCUT2D eigenvalue weighted by Gasteiger charge is 2.03. The molecule has 0 aliphatic carbocycles. The Morgan fingerprint density at radius 2 is 2.33 bits per heavy atom. The van der Waals surface area contributed by atoms with Gasteiger partial charge < -0.3 is 5.32 Å². The fraction of sp³-hybridized carbons (Fsp3) is 0.583. The lowest BCUT2D eigenvalue weighted by Gasteiger charge is -2.09. The Hall–Kier alpha value is -1.09. The quantitative estimate of drug-likeness (QED) is 0.802. The molecule has 0 fully saturated rings. The van der Waals surface area contributed by atoms with Gasteiger partial charge >= 0.3 is 0 Å². The molecule has 0 aliphatic heterocycles. The minimum absolute atomic E-state index is 0.572. The van der Waals surface area contributed by atoms with Gasteiger partial charge in [0.05, 0.1) is 6.20 Å². The van der Waals surface area contributed by atoms with Crippen LogP contribution in [0.3, 0.4) is 0 Å². The molecule has 0 bridgehead atoms. The predicted octanol–water partition coefficient (Wildman–Crippen LogP) is 2.16. The van der Waals surface area contributed by atoms with Crippen LogP contribution in [-0.2, 0) is 6.54 Å². The van der Waals surface area contributed by atoms with E-state index in [-0.39, 0.29) is 0 Å². The topological polar surface area (TPSA) is 29.9 Å². The third-order valence-electron chi connectivity index (χ3n) is 2.45. The van der Waals surface area contributed by atoms with Gasteiger partial charge in [-0.25, -0.2) is 0 Å². The van der Waals surface area contributed by atoms with E-state index in [2.05, 4.69) is 43.5 Å². The molecule has 84 valence electrons. The molecule has 0 saturated heterocycles. The van der Waals surface area contributed by atoms with Crippen molar-refractivity contribution in [3.05, 3.63) is 23.5 Å². The van der Waals surface area contributed by atoms with E-state index in [1.165, 1.54) is 11.1 Å². The highest BCUT2D eigenvalue weighted by Crippen LogP contribution is 2.13. The SMILES string of the molecule is CCn1cc(/C=C(/CNC)C(C)C)cn1. The molecular formula is C12H21N3. The fourth-order valence-electron chi connectivity index (χ4n) is 1.47. The Kier molecular flexibility index (Phi) is 4.56. The summed E-state index contributed by atoms with van der Waals surface area (Å²) in [6.07, 6.45) is 6.22. The van der Waals surface area contributed by atoms with Gasteiger partial charge in [-0.2, -0.15) is 5.10 Å². The van der Waals surface area contributed by atoms with Crippen molar-refractivity contribution in [2.45, 2.75) is 27.3 Å². The van der Waals surface area contributed by atoms with Gasteiger partial charge in [-0.3, -0.25) is 4.68 Å². The van der Waals surface area contributed by atoms with Gasteiger partial charge in [-0.05, 0) is 19.9 Å². The van der Waals surface area contributed by atoms with Crippen LogP contribution < -0.4 is 5.32 Å². The van der Waals surface area contributed by atoms with Crippen LogP contribution in [0.15, 0.2) is 18.0 Å². The fourth-order valence-corrected chi connectivity index (χ4v) is 1.47. The maximum atomic E-state index is 4.26. The van der Waals surface area contributed by atoms with E-state index >= 15 is 0 Å². The van der Waals surface area contributed by atoms with Crippen LogP contribution in [0.1, 0.15) is 26.3 Å². The lowest BCUT2D eigenvalue weighted by atomic mass is 10.0. The second-order valence-corrected chi connectivity index (χ2v) is 4.03. The Bertz CT molecular complexity index is 323. The number of rotatable bonds is 5. The molecule has 1 heterocycles. The predicted molar refractivity (Wildman–Crippen MR) is 64.6 cm³/mol. The zero-order chi connectivity index (χ0) is 11.3. The van der Waals surface area contributed by atoms with Gasteiger partial charge in [0.2, 0.25) is 0 Å². The van der Waals surface area contributed by atoms with E-state index in [0.717, 1.165) is 13.1 Å². The second-order valence-electron chi connectivity index (χ2n) is 4.03. The summed E-state index contributed by atoms with van der Waals surface area (Å²) in [4.78, 5) is 0. The largest absolute Gasteiger partial charge is 0.316 e. The van der Waals surface area contributed by atoms with Crippen molar-refractivity contribution >= 4 is 6.08 Å². The zero-order valence-electron chi connectivity index (χ0n) is 10.1. The summed E-state index contributed by atoms with van der Waals surface area (Å²) in [5.41, 5.74) is 2.60. The summed E-state index contributed by atoms with van der Waals surface area (Å²) in [6, 6.07) is 0. The standard InChI is InChI=1S/C12H21N3/c1-5-15-9-11(7-14-15)6-12(8-13-4)10(2)3/h6-7,9-10,13H,5,8H2,1-4H3/b12-6-. The third kappa shape index (κ3) is 3.51. The number of aromatic nitrogens is 2. The first-order valence-electron chi connectivity index (χ1n) is 5.54. The molecule has 0 atom stereocenters. The molecule has 3 heteroatoms. The molecule has 3 nitrogen and oxygen atoms in total. The van der Waals surface area contributed by atoms with E-state index in [1.54, 1.807) is 0 Å². The Balaban J connectivity index is 2.81. The van der Waals surface area contributed by atoms with Crippen LogP contribution in [-0.4, -0.2) is 23.4 Å². The molecule has 0 aromatic carbocycles. The number of nitrogens with one attached hydrogen (secondary N) is 1. The maximum Gasteiger partial charge on any atom is 0.0562 e. The van der Waals surface area contributed by atoms with Crippen LogP contribution in [0.4, 0.5) is 0 Å². The number of hydrogen-bond acceptors (Lipinski definition) is 2. The highest BCUT2D eigenvalue weighted by molar-refractivity contribution is 5.51. The molecule has 0 aliphatic rings. The van der Waals surface area contributed by atoms with Crippen molar-refractivity contribution in [2.24, 2.45) is 5.92 Å². The third-order valence-corrected chi connectivity index (χ3v) is 2.45. The van der Waals surface area contributed by atoms with Crippen LogP contribution in [0, 0.1) is 5.92 Å². The van der Waals surface area contributed by atoms with Crippen molar-refractivity contribution in [2.75, 3.05) is 13.6 Å². The Morgan fingerprint density at radius 1 is 1.60 bits per heavy atom. The van der Waals surface area contributed by atoms with Crippen molar-refractivity contribution < 1.29 is 0 Å². The summed E-state index contributed by atoms with van der Waals surface area (Å²) in [5, 5.41) is 7.45.